The first-order chi connectivity index (χ1) is 14.5. The number of oxime groups is 1. The molecule has 0 spiro atoms. The van der Waals surface area contributed by atoms with Crippen molar-refractivity contribution in [3.8, 4) is 5.75 Å². The van der Waals surface area contributed by atoms with Crippen LogP contribution in [0.1, 0.15) is 27.9 Å². The smallest absolute Gasteiger partial charge is 0.261 e. The molecule has 4 rings (SSSR count). The van der Waals surface area contributed by atoms with Crippen LogP contribution in [0, 0.1) is 0 Å². The second-order valence-electron chi connectivity index (χ2n) is 6.69. The summed E-state index contributed by atoms with van der Waals surface area (Å²) in [5.74, 6) is 0.691. The van der Waals surface area contributed by atoms with Crippen LogP contribution < -0.4 is 20.7 Å². The van der Waals surface area contributed by atoms with Crippen LogP contribution in [0.5, 0.6) is 5.75 Å². The normalized spacial score (nSPS) is 13.7. The number of nitrogens with zero attached hydrogens (tertiary/aromatic N) is 4. The van der Waals surface area contributed by atoms with Gasteiger partial charge in [-0.3, -0.25) is 4.79 Å². The van der Waals surface area contributed by atoms with E-state index in [1.54, 1.807) is 6.07 Å². The van der Waals surface area contributed by atoms with Crippen LogP contribution in [-0.4, -0.2) is 55.4 Å². The fourth-order valence-corrected chi connectivity index (χ4v) is 4.26. The number of benzene rings is 1. The number of aromatic nitrogens is 2. The van der Waals surface area contributed by atoms with Crippen molar-refractivity contribution in [1.29, 1.82) is 0 Å². The summed E-state index contributed by atoms with van der Waals surface area (Å²) in [5, 5.41) is 7.70. The molecule has 1 aliphatic rings. The molecular formula is C20H22N6O3S. The molecule has 10 heteroatoms. The van der Waals surface area contributed by atoms with Gasteiger partial charge < -0.3 is 25.5 Å². The first-order valence-electron chi connectivity index (χ1n) is 9.47. The lowest BCUT2D eigenvalue weighted by molar-refractivity contribution is 0.0960. The molecule has 0 bridgehead atoms. The fraction of sp³-hybridized carbons (Fsp3) is 0.300. The van der Waals surface area contributed by atoms with E-state index in [9.17, 15) is 4.79 Å². The van der Waals surface area contributed by atoms with E-state index in [0.717, 1.165) is 23.5 Å². The molecule has 0 saturated heterocycles. The van der Waals surface area contributed by atoms with Crippen LogP contribution in [0.15, 0.2) is 29.4 Å². The molecule has 2 aromatic heterocycles. The molecule has 1 aromatic carbocycles. The van der Waals surface area contributed by atoms with Crippen molar-refractivity contribution in [2.45, 2.75) is 6.92 Å². The fourth-order valence-electron chi connectivity index (χ4n) is 3.31. The molecule has 3 heterocycles. The number of rotatable bonds is 5. The predicted molar refractivity (Wildman–Crippen MR) is 118 cm³/mol. The molecule has 3 N–H and O–H groups in total. The number of carbonyl (C=O) groups excluding carboxylic acids is 1. The van der Waals surface area contributed by atoms with E-state index in [1.807, 2.05) is 32.2 Å². The number of likely N-dealkylation sites (N-methyl/N-ethyl adjacent to an activating group) is 1. The molecule has 0 atom stereocenters. The second-order valence-corrected chi connectivity index (χ2v) is 7.72. The van der Waals surface area contributed by atoms with Gasteiger partial charge in [-0.2, -0.15) is 0 Å². The summed E-state index contributed by atoms with van der Waals surface area (Å²) in [6.07, 6.45) is 0. The SMILES string of the molecule is CCNC(=O)c1cc2c(C(=NOC)c3ccc4c(c3)OCCN4C)nc(N)nc2s1. The Balaban J connectivity index is 1.85. The Morgan fingerprint density at radius 2 is 2.23 bits per heavy atom. The second kappa shape index (κ2) is 8.15. The van der Waals surface area contributed by atoms with Gasteiger partial charge in [-0.15, -0.1) is 11.3 Å². The summed E-state index contributed by atoms with van der Waals surface area (Å²) >= 11 is 1.26. The third kappa shape index (κ3) is 3.61. The third-order valence-corrected chi connectivity index (χ3v) is 5.73. The Bertz CT molecular complexity index is 1140. The number of amides is 1. The Morgan fingerprint density at radius 1 is 1.40 bits per heavy atom. The van der Waals surface area contributed by atoms with Crippen LogP contribution in [0.4, 0.5) is 11.6 Å². The highest BCUT2D eigenvalue weighted by atomic mass is 32.1. The van der Waals surface area contributed by atoms with Crippen LogP contribution in [0.25, 0.3) is 10.2 Å². The number of carbonyl (C=O) groups is 1. The van der Waals surface area contributed by atoms with Gasteiger partial charge in [0, 0.05) is 24.5 Å². The minimum atomic E-state index is -0.166. The monoisotopic (exact) mass is 426 g/mol. The first kappa shape index (κ1) is 19.9. The zero-order valence-electron chi connectivity index (χ0n) is 16.9. The number of hydrogen-bond donors (Lipinski definition) is 2. The topological polar surface area (TPSA) is 115 Å². The molecule has 0 saturated carbocycles. The van der Waals surface area contributed by atoms with Crippen LogP contribution in [0.2, 0.25) is 0 Å². The van der Waals surface area contributed by atoms with E-state index < -0.39 is 0 Å². The maximum absolute atomic E-state index is 12.3. The van der Waals surface area contributed by atoms with Gasteiger partial charge in [-0.1, -0.05) is 11.2 Å². The van der Waals surface area contributed by atoms with Crippen molar-refractivity contribution in [2.75, 3.05) is 44.5 Å². The number of thiophene rings is 1. The van der Waals surface area contributed by atoms with Crippen LogP contribution in [-0.2, 0) is 4.84 Å². The maximum Gasteiger partial charge on any atom is 0.261 e. The summed E-state index contributed by atoms with van der Waals surface area (Å²) < 4.78 is 5.83. The molecule has 1 aliphatic heterocycles. The molecule has 156 valence electrons. The van der Waals surface area contributed by atoms with Crippen molar-refractivity contribution in [3.05, 3.63) is 40.4 Å². The Labute approximate surface area is 177 Å². The highest BCUT2D eigenvalue weighted by Gasteiger charge is 2.22. The molecule has 0 aliphatic carbocycles. The summed E-state index contributed by atoms with van der Waals surface area (Å²) in [6, 6.07) is 7.57. The highest BCUT2D eigenvalue weighted by Crippen LogP contribution is 2.34. The van der Waals surface area contributed by atoms with Gasteiger partial charge in [0.2, 0.25) is 5.95 Å². The Morgan fingerprint density at radius 3 is 3.00 bits per heavy atom. The first-order valence-corrected chi connectivity index (χ1v) is 10.3. The van der Waals surface area contributed by atoms with E-state index in [-0.39, 0.29) is 11.9 Å². The molecule has 1 amide bonds. The lowest BCUT2D eigenvalue weighted by Gasteiger charge is -2.28. The maximum atomic E-state index is 12.3. The zero-order chi connectivity index (χ0) is 21.3. The van der Waals surface area contributed by atoms with Crippen molar-refractivity contribution in [3.63, 3.8) is 0 Å². The van der Waals surface area contributed by atoms with Crippen molar-refractivity contribution >= 4 is 44.8 Å². The minimum absolute atomic E-state index is 0.0968. The molecule has 0 fully saturated rings. The van der Waals surface area contributed by atoms with Gasteiger partial charge in [0.15, 0.2) is 0 Å². The van der Waals surface area contributed by atoms with Crippen LogP contribution in [0.3, 0.4) is 0 Å². The molecule has 0 unspecified atom stereocenters. The molecule has 3 aromatic rings. The van der Waals surface area contributed by atoms with Gasteiger partial charge in [0.1, 0.15) is 35.7 Å². The number of ether oxygens (including phenoxy) is 1. The Kier molecular flexibility index (Phi) is 5.40. The lowest BCUT2D eigenvalue weighted by atomic mass is 10.0. The van der Waals surface area contributed by atoms with Gasteiger partial charge in [-0.05, 0) is 25.1 Å². The van der Waals surface area contributed by atoms with Gasteiger partial charge in [-0.25, -0.2) is 9.97 Å². The number of anilines is 2. The number of hydrogen-bond acceptors (Lipinski definition) is 9. The number of nitrogens with one attached hydrogen (secondary N) is 1. The van der Waals surface area contributed by atoms with E-state index in [1.165, 1.54) is 18.4 Å². The summed E-state index contributed by atoms with van der Waals surface area (Å²) in [6.45, 7) is 3.84. The number of nitrogens with two attached hydrogens (primary N) is 1. The Hall–Kier alpha value is -3.40. The van der Waals surface area contributed by atoms with Gasteiger partial charge in [0.05, 0.1) is 17.1 Å². The average Bonchev–Trinajstić information content (AvgIpc) is 3.16. The number of nitrogen functional groups attached to an aromatic ring is 1. The molecule has 0 radical (unpaired) electrons. The van der Waals surface area contributed by atoms with E-state index >= 15 is 0 Å². The summed E-state index contributed by atoms with van der Waals surface area (Å²) in [5.41, 5.74) is 8.71. The standard InChI is InChI=1S/C20H22N6O3S/c1-4-22-18(27)15-10-12-17(23-20(21)24-19(12)30-15)16(25-28-3)11-5-6-13-14(9-11)29-8-7-26(13)2/h5-6,9-10H,4,7-8H2,1-3H3,(H,22,27)(H2,21,23,24). The average molecular weight is 427 g/mol. The van der Waals surface area contributed by atoms with Gasteiger partial charge in [0.25, 0.3) is 5.91 Å². The lowest BCUT2D eigenvalue weighted by Crippen LogP contribution is -2.28. The summed E-state index contributed by atoms with van der Waals surface area (Å²) in [4.78, 5) is 29.4. The highest BCUT2D eigenvalue weighted by molar-refractivity contribution is 7.20. The zero-order valence-corrected chi connectivity index (χ0v) is 17.7. The largest absolute Gasteiger partial charge is 0.490 e. The molecule has 30 heavy (non-hydrogen) atoms. The van der Waals surface area contributed by atoms with Gasteiger partial charge >= 0.3 is 0 Å². The van der Waals surface area contributed by atoms with Crippen molar-refractivity contribution < 1.29 is 14.4 Å². The van der Waals surface area contributed by atoms with E-state index in [0.29, 0.717) is 39.7 Å². The molecular weight excluding hydrogens is 404 g/mol. The number of fused-ring (bicyclic) bond motifs is 2. The predicted octanol–water partition coefficient (Wildman–Crippen LogP) is 2.25. The quantitative estimate of drug-likeness (QED) is 0.475. The third-order valence-electron chi connectivity index (χ3n) is 4.71. The van der Waals surface area contributed by atoms with Crippen LogP contribution >= 0.6 is 11.3 Å². The summed E-state index contributed by atoms with van der Waals surface area (Å²) in [7, 11) is 3.49. The van der Waals surface area contributed by atoms with E-state index in [2.05, 4.69) is 25.3 Å². The molecule has 9 nitrogen and oxygen atoms in total. The van der Waals surface area contributed by atoms with E-state index in [4.69, 9.17) is 15.3 Å². The van der Waals surface area contributed by atoms with Crippen molar-refractivity contribution in [1.82, 2.24) is 15.3 Å². The van der Waals surface area contributed by atoms with Crippen molar-refractivity contribution in [2.24, 2.45) is 5.16 Å². The minimum Gasteiger partial charge on any atom is -0.490 e.